The Morgan fingerprint density at radius 3 is 2.51 bits per heavy atom. The second-order valence-corrected chi connectivity index (χ2v) is 9.31. The van der Waals surface area contributed by atoms with Crippen LogP contribution in [0.3, 0.4) is 0 Å². The van der Waals surface area contributed by atoms with Crippen molar-refractivity contribution < 1.29 is 13.2 Å². The van der Waals surface area contributed by atoms with Gasteiger partial charge < -0.3 is 15.3 Å². The van der Waals surface area contributed by atoms with Crippen LogP contribution in [0.15, 0.2) is 89.1 Å². The quantitative estimate of drug-likeness (QED) is 0.275. The molecule has 2 heterocycles. The molecule has 0 aliphatic carbocycles. The number of imidazole rings is 1. The largest absolute Gasteiger partial charge is 0.348 e. The number of rotatable bonds is 7. The molecule has 11 nitrogen and oxygen atoms in total. The van der Waals surface area contributed by atoms with E-state index in [9.17, 15) is 18.0 Å². The molecule has 0 unspecified atom stereocenters. The summed E-state index contributed by atoms with van der Waals surface area (Å²) in [6.07, 6.45) is 3.03. The van der Waals surface area contributed by atoms with Crippen molar-refractivity contribution in [1.82, 2.24) is 30.0 Å². The van der Waals surface area contributed by atoms with Crippen LogP contribution >= 0.6 is 0 Å². The molecule has 0 fully saturated rings. The van der Waals surface area contributed by atoms with E-state index < -0.39 is 21.6 Å². The normalized spacial score (nSPS) is 11.4. The molecule has 0 saturated heterocycles. The fourth-order valence-electron chi connectivity index (χ4n) is 3.54. The molecule has 2 aromatic heterocycles. The Morgan fingerprint density at radius 2 is 1.74 bits per heavy atom. The predicted octanol–water partition coefficient (Wildman–Crippen LogP) is 2.17. The Bertz CT molecular complexity index is 1670. The average molecular weight is 490 g/mol. The molecule has 0 spiro atoms. The molecule has 1 amide bonds. The number of aromatic amines is 2. The highest BCUT2D eigenvalue weighted by atomic mass is 32.2. The van der Waals surface area contributed by atoms with E-state index in [2.05, 4.69) is 30.1 Å². The number of fused-ring (bicyclic) bond motifs is 1. The van der Waals surface area contributed by atoms with Crippen LogP contribution in [-0.4, -0.2) is 39.1 Å². The summed E-state index contributed by atoms with van der Waals surface area (Å²) in [6, 6.07) is 18.0. The van der Waals surface area contributed by atoms with Crippen LogP contribution in [0.25, 0.3) is 16.7 Å². The van der Waals surface area contributed by atoms with Crippen LogP contribution in [0, 0.1) is 0 Å². The monoisotopic (exact) mass is 489 g/mol. The van der Waals surface area contributed by atoms with Crippen molar-refractivity contribution >= 4 is 32.7 Å². The summed E-state index contributed by atoms with van der Waals surface area (Å²) in [5, 5.41) is 6.88. The topological polar surface area (TPSA) is 155 Å². The van der Waals surface area contributed by atoms with Gasteiger partial charge >= 0.3 is 5.69 Å². The zero-order valence-electron chi connectivity index (χ0n) is 18.1. The lowest BCUT2D eigenvalue weighted by Gasteiger charge is -2.13. The summed E-state index contributed by atoms with van der Waals surface area (Å²) in [5.41, 5.74) is 2.41. The van der Waals surface area contributed by atoms with Crippen LogP contribution in [0.1, 0.15) is 15.9 Å². The van der Waals surface area contributed by atoms with E-state index >= 15 is 0 Å². The molecule has 4 N–H and O–H groups in total. The van der Waals surface area contributed by atoms with Crippen LogP contribution in [0.5, 0.6) is 0 Å². The Balaban J connectivity index is 1.31. The standard InChI is InChI=1S/C23H19N7O4S/c31-22(25-12-15-5-7-16(8-6-15)30-14-24-13-26-30)18-3-1-2-4-19(18)29-35(33,34)17-9-10-20-21(11-17)28-23(32)27-20/h1-11,13-14,29H,12H2,(H,25,31)(H2,27,28,32). The van der Waals surface area contributed by atoms with Gasteiger partial charge in [-0.05, 0) is 48.0 Å². The first-order valence-corrected chi connectivity index (χ1v) is 11.9. The van der Waals surface area contributed by atoms with Crippen LogP contribution in [0.2, 0.25) is 0 Å². The summed E-state index contributed by atoms with van der Waals surface area (Å²) in [6.45, 7) is 0.245. The zero-order valence-corrected chi connectivity index (χ0v) is 18.9. The van der Waals surface area contributed by atoms with Gasteiger partial charge in [0.15, 0.2) is 0 Å². The van der Waals surface area contributed by atoms with Crippen molar-refractivity contribution in [2.24, 2.45) is 0 Å². The molecule has 0 atom stereocenters. The second kappa shape index (κ2) is 8.91. The number of carbonyl (C=O) groups excluding carboxylic acids is 1. The van der Waals surface area contributed by atoms with E-state index in [1.54, 1.807) is 23.1 Å². The zero-order chi connectivity index (χ0) is 24.4. The first-order chi connectivity index (χ1) is 16.9. The third kappa shape index (κ3) is 4.68. The van der Waals surface area contributed by atoms with E-state index in [4.69, 9.17) is 0 Å². The second-order valence-electron chi connectivity index (χ2n) is 7.63. The van der Waals surface area contributed by atoms with E-state index in [1.807, 2.05) is 24.3 Å². The molecule has 5 rings (SSSR count). The molecule has 176 valence electrons. The third-order valence-corrected chi connectivity index (χ3v) is 6.65. The van der Waals surface area contributed by atoms with Crippen molar-refractivity contribution in [2.75, 3.05) is 4.72 Å². The molecule has 0 aliphatic heterocycles. The number of sulfonamides is 1. The molecule has 0 aliphatic rings. The Morgan fingerprint density at radius 1 is 0.971 bits per heavy atom. The van der Waals surface area contributed by atoms with Gasteiger partial charge in [-0.3, -0.25) is 9.52 Å². The number of H-pyrrole nitrogens is 2. The van der Waals surface area contributed by atoms with Crippen molar-refractivity contribution in [2.45, 2.75) is 11.4 Å². The minimum Gasteiger partial charge on any atom is -0.348 e. The van der Waals surface area contributed by atoms with E-state index in [0.29, 0.717) is 11.0 Å². The highest BCUT2D eigenvalue weighted by molar-refractivity contribution is 7.92. The molecular formula is C23H19N7O4S. The van der Waals surface area contributed by atoms with Gasteiger partial charge in [0, 0.05) is 6.54 Å². The number of aromatic nitrogens is 5. The maximum absolute atomic E-state index is 13.0. The summed E-state index contributed by atoms with van der Waals surface area (Å²) in [7, 11) is -4.02. The van der Waals surface area contributed by atoms with Crippen molar-refractivity contribution in [3.8, 4) is 5.69 Å². The van der Waals surface area contributed by atoms with E-state index in [0.717, 1.165) is 11.3 Å². The first-order valence-electron chi connectivity index (χ1n) is 10.5. The summed E-state index contributed by atoms with van der Waals surface area (Å²) < 4.78 is 30.0. The number of para-hydroxylation sites is 1. The van der Waals surface area contributed by atoms with Gasteiger partial charge in [0.1, 0.15) is 12.7 Å². The van der Waals surface area contributed by atoms with E-state index in [1.165, 1.54) is 36.7 Å². The van der Waals surface area contributed by atoms with Gasteiger partial charge in [-0.15, -0.1) is 0 Å². The van der Waals surface area contributed by atoms with Gasteiger partial charge in [-0.1, -0.05) is 24.3 Å². The lowest BCUT2D eigenvalue weighted by molar-refractivity contribution is 0.0952. The molecule has 12 heteroatoms. The van der Waals surface area contributed by atoms with Crippen molar-refractivity contribution in [1.29, 1.82) is 0 Å². The van der Waals surface area contributed by atoms with Crippen LogP contribution < -0.4 is 15.7 Å². The molecule has 0 saturated carbocycles. The number of amides is 1. The predicted molar refractivity (Wildman–Crippen MR) is 129 cm³/mol. The van der Waals surface area contributed by atoms with Crippen molar-refractivity contribution in [3.63, 3.8) is 0 Å². The number of anilines is 1. The lowest BCUT2D eigenvalue weighted by Crippen LogP contribution is -2.25. The van der Waals surface area contributed by atoms with Gasteiger partial charge in [-0.25, -0.2) is 22.9 Å². The Hall–Kier alpha value is -4.71. The summed E-state index contributed by atoms with van der Waals surface area (Å²) in [4.78, 5) is 33.3. The molecule has 0 radical (unpaired) electrons. The summed E-state index contributed by atoms with van der Waals surface area (Å²) >= 11 is 0. The fourth-order valence-corrected chi connectivity index (χ4v) is 4.64. The first kappa shape index (κ1) is 22.1. The summed E-state index contributed by atoms with van der Waals surface area (Å²) in [5.74, 6) is -0.436. The van der Waals surface area contributed by atoms with Crippen molar-refractivity contribution in [3.05, 3.63) is 101 Å². The highest BCUT2D eigenvalue weighted by Crippen LogP contribution is 2.22. The van der Waals surface area contributed by atoms with Crippen LogP contribution in [0.4, 0.5) is 5.69 Å². The van der Waals surface area contributed by atoms with E-state index in [-0.39, 0.29) is 22.7 Å². The van der Waals surface area contributed by atoms with Gasteiger partial charge in [-0.2, -0.15) is 5.10 Å². The minimum absolute atomic E-state index is 0.0528. The van der Waals surface area contributed by atoms with Gasteiger partial charge in [0.25, 0.3) is 15.9 Å². The lowest BCUT2D eigenvalue weighted by atomic mass is 10.1. The van der Waals surface area contributed by atoms with Gasteiger partial charge in [0.05, 0.1) is 32.9 Å². The SMILES string of the molecule is O=C(NCc1ccc(-n2cncn2)cc1)c1ccccc1NS(=O)(=O)c1ccc2[nH]c(=O)[nH]c2c1. The molecule has 5 aromatic rings. The van der Waals surface area contributed by atoms with Crippen LogP contribution in [-0.2, 0) is 16.6 Å². The fraction of sp³-hybridized carbons (Fsp3) is 0.0435. The smallest absolute Gasteiger partial charge is 0.323 e. The third-order valence-electron chi connectivity index (χ3n) is 5.29. The molecule has 35 heavy (non-hydrogen) atoms. The van der Waals surface area contributed by atoms with Gasteiger partial charge in [0.2, 0.25) is 0 Å². The average Bonchev–Trinajstić information content (AvgIpc) is 3.51. The maximum Gasteiger partial charge on any atom is 0.323 e. The number of hydrogen-bond acceptors (Lipinski definition) is 6. The number of carbonyl (C=O) groups is 1. The number of nitrogens with zero attached hydrogens (tertiary/aromatic N) is 3. The number of nitrogens with one attached hydrogen (secondary N) is 4. The maximum atomic E-state index is 13.0. The number of hydrogen-bond donors (Lipinski definition) is 4. The minimum atomic E-state index is -4.02. The number of benzene rings is 3. The molecule has 0 bridgehead atoms. The molecule has 3 aromatic carbocycles. The Labute approximate surface area is 198 Å². The Kier molecular flexibility index (Phi) is 5.63. The molecular weight excluding hydrogens is 470 g/mol. The highest BCUT2D eigenvalue weighted by Gasteiger charge is 2.19.